The third kappa shape index (κ3) is 4.81. The first-order valence-corrected chi connectivity index (χ1v) is 7.26. The van der Waals surface area contributed by atoms with Crippen molar-refractivity contribution in [1.82, 2.24) is 5.32 Å². The maximum absolute atomic E-state index is 11.8. The molecule has 120 valence electrons. The number of rotatable bonds is 7. The molecule has 0 bridgehead atoms. The van der Waals surface area contributed by atoms with E-state index in [4.69, 9.17) is 4.74 Å². The number of para-hydroxylation sites is 2. The summed E-state index contributed by atoms with van der Waals surface area (Å²) in [6.07, 6.45) is 0. The summed E-state index contributed by atoms with van der Waals surface area (Å²) in [4.78, 5) is 22.2. The van der Waals surface area contributed by atoms with E-state index in [-0.39, 0.29) is 29.9 Å². The zero-order valence-corrected chi connectivity index (χ0v) is 12.8. The fourth-order valence-corrected chi connectivity index (χ4v) is 2.09. The smallest absolute Gasteiger partial charge is 0.310 e. The van der Waals surface area contributed by atoms with Gasteiger partial charge in [-0.1, -0.05) is 49.4 Å². The van der Waals surface area contributed by atoms with Gasteiger partial charge < -0.3 is 10.1 Å². The molecule has 1 amide bonds. The second-order valence-electron chi connectivity index (χ2n) is 5.13. The molecule has 2 aromatic rings. The molecule has 23 heavy (non-hydrogen) atoms. The predicted molar refractivity (Wildman–Crippen MR) is 86.5 cm³/mol. The quantitative estimate of drug-likeness (QED) is 0.629. The van der Waals surface area contributed by atoms with Crippen LogP contribution in [0.15, 0.2) is 54.6 Å². The average molecular weight is 314 g/mol. The van der Waals surface area contributed by atoms with Gasteiger partial charge in [0.1, 0.15) is 0 Å². The summed E-state index contributed by atoms with van der Waals surface area (Å²) in [5, 5.41) is 13.6. The first-order valence-electron chi connectivity index (χ1n) is 7.26. The number of nitrogens with zero attached hydrogens (tertiary/aromatic N) is 1. The van der Waals surface area contributed by atoms with Crippen LogP contribution >= 0.6 is 0 Å². The maximum atomic E-state index is 11.8. The van der Waals surface area contributed by atoms with Crippen LogP contribution in [0.5, 0.6) is 5.75 Å². The highest BCUT2D eigenvalue weighted by atomic mass is 16.6. The van der Waals surface area contributed by atoms with Crippen molar-refractivity contribution in [2.75, 3.05) is 13.2 Å². The fraction of sp³-hybridized carbons (Fsp3) is 0.235. The highest BCUT2D eigenvalue weighted by molar-refractivity contribution is 5.77. The van der Waals surface area contributed by atoms with E-state index in [2.05, 4.69) is 5.32 Å². The minimum Gasteiger partial charge on any atom is -0.477 e. The molecule has 1 atom stereocenters. The first-order chi connectivity index (χ1) is 11.1. The molecule has 0 aliphatic carbocycles. The topological polar surface area (TPSA) is 81.5 Å². The lowest BCUT2D eigenvalue weighted by atomic mass is 10.0. The molecule has 0 radical (unpaired) electrons. The molecule has 0 fully saturated rings. The van der Waals surface area contributed by atoms with E-state index in [1.54, 1.807) is 12.1 Å². The summed E-state index contributed by atoms with van der Waals surface area (Å²) in [6, 6.07) is 15.8. The van der Waals surface area contributed by atoms with Gasteiger partial charge in [0.2, 0.25) is 0 Å². The Morgan fingerprint density at radius 2 is 1.83 bits per heavy atom. The standard InChI is InChI=1S/C17H18N2O4/c1-13(14-7-3-2-4-8-14)11-18-17(20)12-23-16-10-6-5-9-15(16)19(21)22/h2-10,13H,11-12H2,1H3,(H,18,20)/t13-/m1/s1. The van der Waals surface area contributed by atoms with E-state index in [1.165, 1.54) is 12.1 Å². The minimum absolute atomic E-state index is 0.0868. The van der Waals surface area contributed by atoms with Crippen molar-refractivity contribution >= 4 is 11.6 Å². The summed E-state index contributed by atoms with van der Waals surface area (Å²) >= 11 is 0. The lowest BCUT2D eigenvalue weighted by Crippen LogP contribution is -2.31. The number of carbonyl (C=O) groups excluding carboxylic acids is 1. The van der Waals surface area contributed by atoms with Crippen molar-refractivity contribution in [3.05, 3.63) is 70.3 Å². The lowest BCUT2D eigenvalue weighted by molar-refractivity contribution is -0.385. The number of hydrogen-bond donors (Lipinski definition) is 1. The Hall–Kier alpha value is -2.89. The Bertz CT molecular complexity index is 673. The van der Waals surface area contributed by atoms with E-state index in [0.29, 0.717) is 6.54 Å². The number of amides is 1. The molecule has 0 saturated carbocycles. The monoisotopic (exact) mass is 314 g/mol. The van der Waals surface area contributed by atoms with E-state index in [9.17, 15) is 14.9 Å². The Labute approximate surface area is 134 Å². The number of nitro benzene ring substituents is 1. The number of ether oxygens (including phenoxy) is 1. The predicted octanol–water partition coefficient (Wildman–Crippen LogP) is 2.89. The molecule has 6 nitrogen and oxygen atoms in total. The van der Waals surface area contributed by atoms with Crippen molar-refractivity contribution in [2.45, 2.75) is 12.8 Å². The van der Waals surface area contributed by atoms with E-state index in [1.807, 2.05) is 37.3 Å². The molecule has 0 aromatic heterocycles. The van der Waals surface area contributed by atoms with Crippen LogP contribution in [0.25, 0.3) is 0 Å². The number of nitrogens with one attached hydrogen (secondary N) is 1. The third-order valence-electron chi connectivity index (χ3n) is 3.39. The van der Waals surface area contributed by atoms with Gasteiger partial charge in [0, 0.05) is 12.6 Å². The van der Waals surface area contributed by atoms with Gasteiger partial charge in [-0.2, -0.15) is 0 Å². The molecular weight excluding hydrogens is 296 g/mol. The molecule has 0 heterocycles. The second-order valence-corrected chi connectivity index (χ2v) is 5.13. The summed E-state index contributed by atoms with van der Waals surface area (Å²) in [7, 11) is 0. The highest BCUT2D eigenvalue weighted by Gasteiger charge is 2.15. The molecule has 0 saturated heterocycles. The number of nitro groups is 1. The number of carbonyl (C=O) groups is 1. The lowest BCUT2D eigenvalue weighted by Gasteiger charge is -2.13. The summed E-state index contributed by atoms with van der Waals surface area (Å²) in [6.45, 7) is 2.23. The van der Waals surface area contributed by atoms with Crippen LogP contribution in [0.3, 0.4) is 0 Å². The van der Waals surface area contributed by atoms with Crippen LogP contribution < -0.4 is 10.1 Å². The van der Waals surface area contributed by atoms with Crippen LogP contribution in [0, 0.1) is 10.1 Å². The molecule has 6 heteroatoms. The maximum Gasteiger partial charge on any atom is 0.310 e. The molecule has 1 N–H and O–H groups in total. The van der Waals surface area contributed by atoms with E-state index >= 15 is 0 Å². The van der Waals surface area contributed by atoms with Crippen molar-refractivity contribution in [1.29, 1.82) is 0 Å². The van der Waals surface area contributed by atoms with Crippen molar-refractivity contribution in [3.63, 3.8) is 0 Å². The van der Waals surface area contributed by atoms with Gasteiger partial charge in [0.25, 0.3) is 5.91 Å². The van der Waals surface area contributed by atoms with Crippen LogP contribution in [-0.2, 0) is 4.79 Å². The van der Waals surface area contributed by atoms with Crippen molar-refractivity contribution in [2.24, 2.45) is 0 Å². The van der Waals surface area contributed by atoms with Crippen molar-refractivity contribution in [3.8, 4) is 5.75 Å². The van der Waals surface area contributed by atoms with Crippen LogP contribution in [0.2, 0.25) is 0 Å². The Balaban J connectivity index is 1.83. The summed E-state index contributed by atoms with van der Waals surface area (Å²) in [5.74, 6) is -0.0547. The summed E-state index contributed by atoms with van der Waals surface area (Å²) < 4.78 is 5.24. The van der Waals surface area contributed by atoms with Crippen LogP contribution in [0.4, 0.5) is 5.69 Å². The SMILES string of the molecule is C[C@H](CNC(=O)COc1ccccc1[N+](=O)[O-])c1ccccc1. The zero-order valence-electron chi connectivity index (χ0n) is 12.8. The van der Waals surface area contributed by atoms with E-state index in [0.717, 1.165) is 5.56 Å². The molecule has 0 unspecified atom stereocenters. The molecule has 0 aliphatic rings. The van der Waals surface area contributed by atoms with E-state index < -0.39 is 4.92 Å². The van der Waals surface area contributed by atoms with Gasteiger partial charge in [-0.3, -0.25) is 14.9 Å². The number of benzene rings is 2. The van der Waals surface area contributed by atoms with Gasteiger partial charge >= 0.3 is 5.69 Å². The Kier molecular flexibility index (Phi) is 5.68. The fourth-order valence-electron chi connectivity index (χ4n) is 2.09. The highest BCUT2D eigenvalue weighted by Crippen LogP contribution is 2.25. The summed E-state index contributed by atoms with van der Waals surface area (Å²) in [5.41, 5.74) is 0.977. The molecule has 2 rings (SSSR count). The van der Waals surface area contributed by atoms with Gasteiger partial charge in [-0.25, -0.2) is 0 Å². The minimum atomic E-state index is -0.537. The van der Waals surface area contributed by atoms with Crippen molar-refractivity contribution < 1.29 is 14.5 Å². The van der Waals surface area contributed by atoms with Gasteiger partial charge in [0.15, 0.2) is 12.4 Å². The Morgan fingerprint density at radius 1 is 1.17 bits per heavy atom. The number of hydrogen-bond acceptors (Lipinski definition) is 4. The Morgan fingerprint density at radius 3 is 2.52 bits per heavy atom. The molecule has 2 aromatic carbocycles. The van der Waals surface area contributed by atoms with Gasteiger partial charge in [-0.15, -0.1) is 0 Å². The second kappa shape index (κ2) is 7.93. The molecule has 0 spiro atoms. The largest absolute Gasteiger partial charge is 0.477 e. The van der Waals surface area contributed by atoms with Crippen LogP contribution in [0.1, 0.15) is 18.4 Å². The first kappa shape index (κ1) is 16.5. The molecule has 0 aliphatic heterocycles. The molecular formula is C17H18N2O4. The van der Waals surface area contributed by atoms with Crippen LogP contribution in [-0.4, -0.2) is 24.0 Å². The third-order valence-corrected chi connectivity index (χ3v) is 3.39. The zero-order chi connectivity index (χ0) is 16.7. The van der Waals surface area contributed by atoms with Gasteiger partial charge in [0.05, 0.1) is 4.92 Å². The average Bonchev–Trinajstić information content (AvgIpc) is 2.58. The normalized spacial score (nSPS) is 11.5. The van der Waals surface area contributed by atoms with Gasteiger partial charge in [-0.05, 0) is 17.5 Å².